The van der Waals surface area contributed by atoms with Gasteiger partial charge >= 0.3 is 0 Å². The van der Waals surface area contributed by atoms with E-state index in [9.17, 15) is 0 Å². The molecule has 3 aromatic carbocycles. The summed E-state index contributed by atoms with van der Waals surface area (Å²) < 4.78 is 4.94. The van der Waals surface area contributed by atoms with Crippen LogP contribution in [0.3, 0.4) is 0 Å². The number of rotatable bonds is 0. The number of hydrogen-bond donors (Lipinski definition) is 0. The molecule has 2 nitrogen and oxygen atoms in total. The van der Waals surface area contributed by atoms with Gasteiger partial charge in [-0.2, -0.15) is 11.3 Å². The van der Waals surface area contributed by atoms with E-state index in [1.807, 2.05) is 47.2 Å². The predicted molar refractivity (Wildman–Crippen MR) is 116 cm³/mol. The molecule has 0 radical (unpaired) electrons. The Labute approximate surface area is 166 Å². The molecule has 1 aliphatic carbocycles. The second kappa shape index (κ2) is 8.71. The molecule has 0 aliphatic heterocycles. The van der Waals surface area contributed by atoms with Gasteiger partial charge < -0.3 is 0 Å². The summed E-state index contributed by atoms with van der Waals surface area (Å²) in [6.07, 6.45) is 1.10. The summed E-state index contributed by atoms with van der Waals surface area (Å²) in [5.41, 5.74) is 6.74. The van der Waals surface area contributed by atoms with E-state index in [0.29, 0.717) is 0 Å². The van der Waals surface area contributed by atoms with Crippen LogP contribution in [0.25, 0.3) is 21.3 Å². The third-order valence-corrected chi connectivity index (χ3v) is 5.62. The number of fused-ring (bicyclic) bond motifs is 4. The van der Waals surface area contributed by atoms with Gasteiger partial charge in [0.1, 0.15) is 5.52 Å². The van der Waals surface area contributed by atoms with Crippen molar-refractivity contribution in [1.29, 1.82) is 0 Å². The largest absolute Gasteiger partial charge is 0.152 e. The highest BCUT2D eigenvalue weighted by Gasteiger charge is 2.15. The van der Waals surface area contributed by atoms with Crippen molar-refractivity contribution in [3.8, 4) is 11.1 Å². The first-order valence-corrected chi connectivity index (χ1v) is 10.4. The van der Waals surface area contributed by atoms with Crippen LogP contribution in [0.4, 0.5) is 0 Å². The summed E-state index contributed by atoms with van der Waals surface area (Å²) in [5, 5.41) is 7.97. The van der Waals surface area contributed by atoms with Crippen molar-refractivity contribution < 1.29 is 0 Å². The van der Waals surface area contributed by atoms with Gasteiger partial charge in [-0.15, -0.1) is 5.10 Å². The lowest BCUT2D eigenvalue weighted by atomic mass is 10.1. The van der Waals surface area contributed by atoms with Gasteiger partial charge in [-0.1, -0.05) is 77.3 Å². The third kappa shape index (κ3) is 4.30. The zero-order chi connectivity index (χ0) is 18.3. The molecule has 0 saturated carbocycles. The maximum Gasteiger partial charge on any atom is 0.105 e. The molecule has 0 unspecified atom stereocenters. The van der Waals surface area contributed by atoms with E-state index < -0.39 is 0 Å². The quantitative estimate of drug-likeness (QED) is 0.290. The molecule has 0 saturated heterocycles. The van der Waals surface area contributed by atoms with Crippen molar-refractivity contribution in [1.82, 2.24) is 9.59 Å². The highest BCUT2D eigenvalue weighted by Crippen LogP contribution is 2.35. The van der Waals surface area contributed by atoms with Crippen molar-refractivity contribution in [3.63, 3.8) is 0 Å². The summed E-state index contributed by atoms with van der Waals surface area (Å²) >= 11 is 3.14. The monoisotopic (exact) mass is 386 g/mol. The van der Waals surface area contributed by atoms with Gasteiger partial charge in [-0.25, -0.2) is 0 Å². The zero-order valence-electron chi connectivity index (χ0n) is 14.7. The molecule has 0 N–H and O–H groups in total. The maximum absolute atomic E-state index is 3.89. The van der Waals surface area contributed by atoms with Crippen LogP contribution in [0.15, 0.2) is 95.7 Å². The molecule has 0 fully saturated rings. The van der Waals surface area contributed by atoms with E-state index in [1.165, 1.54) is 33.8 Å². The minimum Gasteiger partial charge on any atom is -0.152 e. The van der Waals surface area contributed by atoms with Crippen LogP contribution in [0.2, 0.25) is 0 Å². The minimum absolute atomic E-state index is 0.988. The van der Waals surface area contributed by atoms with E-state index in [4.69, 9.17) is 0 Å². The Bertz CT molecular complexity index is 1020. The SMILES string of the molecule is c1ccc2c(c1)Cc1ccccc1-2.c1ccc2snnc2c1.c1ccsc1. The van der Waals surface area contributed by atoms with Gasteiger partial charge in [-0.05, 0) is 63.1 Å². The van der Waals surface area contributed by atoms with Crippen LogP contribution in [0.1, 0.15) is 11.1 Å². The van der Waals surface area contributed by atoms with Crippen molar-refractivity contribution in [2.45, 2.75) is 6.42 Å². The molecule has 0 atom stereocenters. The second-order valence-corrected chi connectivity index (χ2v) is 7.63. The molecule has 4 heteroatoms. The Balaban J connectivity index is 0.000000111. The summed E-state index contributed by atoms with van der Waals surface area (Å²) in [6, 6.07) is 29.3. The third-order valence-electron chi connectivity index (χ3n) is 4.28. The fourth-order valence-electron chi connectivity index (χ4n) is 3.03. The second-order valence-electron chi connectivity index (χ2n) is 6.02. The number of benzene rings is 3. The first-order valence-electron chi connectivity index (χ1n) is 8.72. The summed E-state index contributed by atoms with van der Waals surface area (Å²) in [7, 11) is 0. The lowest BCUT2D eigenvalue weighted by Gasteiger charge is -1.98. The average molecular weight is 387 g/mol. The van der Waals surface area contributed by atoms with E-state index in [2.05, 4.69) is 58.1 Å². The molecule has 1 aliphatic rings. The van der Waals surface area contributed by atoms with Crippen LogP contribution in [0.5, 0.6) is 0 Å². The lowest BCUT2D eigenvalue weighted by molar-refractivity contribution is 1.20. The first-order chi connectivity index (χ1) is 13.4. The number of hydrogen-bond acceptors (Lipinski definition) is 4. The van der Waals surface area contributed by atoms with Crippen molar-refractivity contribution >= 4 is 33.1 Å². The topological polar surface area (TPSA) is 25.8 Å². The summed E-state index contributed by atoms with van der Waals surface area (Å²) in [4.78, 5) is 0. The van der Waals surface area contributed by atoms with Crippen molar-refractivity contribution in [2.24, 2.45) is 0 Å². The molecule has 0 amide bonds. The Hall–Kier alpha value is -2.82. The standard InChI is InChI=1S/C13H10.C6H4N2S.C4H4S/c1-3-7-12-10(5-1)9-11-6-2-4-8-13(11)12;1-2-4-6-5(3-1)7-8-9-6;1-2-4-5-3-1/h1-8H,9H2;1-4H;1-4H. The van der Waals surface area contributed by atoms with Crippen LogP contribution in [-0.4, -0.2) is 9.59 Å². The Kier molecular flexibility index (Phi) is 5.67. The number of aromatic nitrogens is 2. The fourth-order valence-corrected chi connectivity index (χ4v) is 4.04. The lowest BCUT2D eigenvalue weighted by Crippen LogP contribution is -1.77. The Morgan fingerprint density at radius 3 is 1.81 bits per heavy atom. The molecular formula is C23H18N2S2. The van der Waals surface area contributed by atoms with Gasteiger partial charge in [0.05, 0.1) is 4.70 Å². The molecule has 2 aromatic heterocycles. The van der Waals surface area contributed by atoms with E-state index in [0.717, 1.165) is 16.6 Å². The molecule has 0 bridgehead atoms. The molecule has 6 rings (SSSR count). The van der Waals surface area contributed by atoms with Gasteiger partial charge in [0.15, 0.2) is 0 Å². The zero-order valence-corrected chi connectivity index (χ0v) is 16.3. The molecule has 5 aromatic rings. The summed E-state index contributed by atoms with van der Waals surface area (Å²) in [5.74, 6) is 0. The van der Waals surface area contributed by atoms with Crippen LogP contribution >= 0.6 is 22.9 Å². The van der Waals surface area contributed by atoms with E-state index in [1.54, 1.807) is 11.3 Å². The normalized spacial score (nSPS) is 10.8. The number of nitrogens with zero attached hydrogens (tertiary/aromatic N) is 2. The van der Waals surface area contributed by atoms with Crippen LogP contribution < -0.4 is 0 Å². The van der Waals surface area contributed by atoms with Crippen LogP contribution in [0, 0.1) is 0 Å². The number of thiophene rings is 1. The first kappa shape index (κ1) is 17.6. The van der Waals surface area contributed by atoms with Gasteiger partial charge in [0.2, 0.25) is 0 Å². The van der Waals surface area contributed by atoms with Gasteiger partial charge in [-0.3, -0.25) is 0 Å². The highest BCUT2D eigenvalue weighted by atomic mass is 32.1. The molecule has 27 heavy (non-hydrogen) atoms. The van der Waals surface area contributed by atoms with Gasteiger partial charge in [0, 0.05) is 0 Å². The summed E-state index contributed by atoms with van der Waals surface area (Å²) in [6.45, 7) is 0. The molecular weight excluding hydrogens is 368 g/mol. The van der Waals surface area contributed by atoms with Crippen LogP contribution in [-0.2, 0) is 6.42 Å². The Morgan fingerprint density at radius 2 is 1.22 bits per heavy atom. The smallest absolute Gasteiger partial charge is 0.105 e. The highest BCUT2D eigenvalue weighted by molar-refractivity contribution is 7.12. The van der Waals surface area contributed by atoms with Crippen molar-refractivity contribution in [2.75, 3.05) is 0 Å². The fraction of sp³-hybridized carbons (Fsp3) is 0.0435. The van der Waals surface area contributed by atoms with E-state index in [-0.39, 0.29) is 0 Å². The molecule has 0 spiro atoms. The Morgan fingerprint density at radius 1 is 0.630 bits per heavy atom. The predicted octanol–water partition coefficient (Wildman–Crippen LogP) is 6.70. The average Bonchev–Trinajstić information content (AvgIpc) is 3.49. The van der Waals surface area contributed by atoms with Gasteiger partial charge in [0.25, 0.3) is 0 Å². The minimum atomic E-state index is 0.988. The molecule has 2 heterocycles. The van der Waals surface area contributed by atoms with Crippen molar-refractivity contribution in [3.05, 3.63) is 107 Å². The maximum atomic E-state index is 3.89. The van der Waals surface area contributed by atoms with E-state index >= 15 is 0 Å². The molecule has 132 valence electrons.